The molecule has 156 valence electrons. The molecule has 2 saturated heterocycles. The Kier molecular flexibility index (Phi) is 6.62. The van der Waals surface area contributed by atoms with Crippen LogP contribution in [0.1, 0.15) is 73.6 Å². The summed E-state index contributed by atoms with van der Waals surface area (Å²) in [5.74, 6) is 0.931. The van der Waals surface area contributed by atoms with E-state index >= 15 is 0 Å². The summed E-state index contributed by atoms with van der Waals surface area (Å²) in [5.41, 5.74) is 1.49. The quantitative estimate of drug-likeness (QED) is 0.857. The highest BCUT2D eigenvalue weighted by molar-refractivity contribution is 5.93. The largest absolute Gasteiger partial charge is 0.336 e. The lowest BCUT2D eigenvalue weighted by Gasteiger charge is -2.28. The lowest BCUT2D eigenvalue weighted by molar-refractivity contribution is 0.0753. The summed E-state index contributed by atoms with van der Waals surface area (Å²) < 4.78 is 1.99. The van der Waals surface area contributed by atoms with E-state index in [1.807, 2.05) is 16.5 Å². The van der Waals surface area contributed by atoms with Crippen LogP contribution >= 0.6 is 0 Å². The van der Waals surface area contributed by atoms with Crippen molar-refractivity contribution >= 4 is 5.91 Å². The van der Waals surface area contributed by atoms with Gasteiger partial charge in [0, 0.05) is 26.2 Å². The molecule has 0 unspecified atom stereocenters. The molecule has 7 nitrogen and oxygen atoms in total. The Morgan fingerprint density at radius 2 is 1.79 bits per heavy atom. The van der Waals surface area contributed by atoms with E-state index in [1.54, 1.807) is 0 Å². The second-order valence-corrected chi connectivity index (χ2v) is 8.90. The third-order valence-electron chi connectivity index (χ3n) is 6.90. The maximum Gasteiger partial charge on any atom is 0.276 e. The molecule has 1 amide bonds. The van der Waals surface area contributed by atoms with Crippen LogP contribution in [0, 0.1) is 12.8 Å². The average Bonchev–Trinajstić information content (AvgIpc) is 2.96. The van der Waals surface area contributed by atoms with E-state index in [0.717, 1.165) is 70.1 Å². The number of rotatable bonds is 4. The van der Waals surface area contributed by atoms with Gasteiger partial charge in [-0.15, -0.1) is 5.10 Å². The first kappa shape index (κ1) is 19.8. The van der Waals surface area contributed by atoms with Crippen LogP contribution in [0.15, 0.2) is 0 Å². The normalized spacial score (nSPS) is 23.7. The van der Waals surface area contributed by atoms with Crippen molar-refractivity contribution in [3.05, 3.63) is 11.4 Å². The fourth-order valence-corrected chi connectivity index (χ4v) is 5.18. The Balaban J connectivity index is 1.35. The van der Waals surface area contributed by atoms with Gasteiger partial charge in [-0.05, 0) is 64.6 Å². The third kappa shape index (κ3) is 4.57. The van der Waals surface area contributed by atoms with Crippen LogP contribution in [0.25, 0.3) is 0 Å². The number of piperidine rings is 1. The summed E-state index contributed by atoms with van der Waals surface area (Å²) >= 11 is 0. The van der Waals surface area contributed by atoms with E-state index in [-0.39, 0.29) is 5.91 Å². The van der Waals surface area contributed by atoms with Gasteiger partial charge < -0.3 is 15.1 Å². The molecule has 0 aromatic carbocycles. The topological polar surface area (TPSA) is 66.3 Å². The third-order valence-corrected chi connectivity index (χ3v) is 6.90. The predicted octanol–water partition coefficient (Wildman–Crippen LogP) is 2.24. The van der Waals surface area contributed by atoms with Crippen molar-refractivity contribution in [3.63, 3.8) is 0 Å². The minimum atomic E-state index is 0.0669. The molecule has 1 N–H and O–H groups in total. The van der Waals surface area contributed by atoms with Crippen LogP contribution in [0.4, 0.5) is 0 Å². The summed E-state index contributed by atoms with van der Waals surface area (Å²) in [5, 5.41) is 12.0. The predicted molar refractivity (Wildman–Crippen MR) is 109 cm³/mol. The second-order valence-electron chi connectivity index (χ2n) is 8.90. The van der Waals surface area contributed by atoms with Gasteiger partial charge in [-0.1, -0.05) is 24.5 Å². The molecule has 2 aliphatic heterocycles. The first-order valence-electron chi connectivity index (χ1n) is 11.4. The van der Waals surface area contributed by atoms with Crippen molar-refractivity contribution in [2.75, 3.05) is 45.8 Å². The van der Waals surface area contributed by atoms with E-state index in [9.17, 15) is 4.79 Å². The van der Waals surface area contributed by atoms with Crippen molar-refractivity contribution in [1.82, 2.24) is 30.1 Å². The number of amides is 1. The van der Waals surface area contributed by atoms with Crippen LogP contribution in [-0.4, -0.2) is 76.5 Å². The lowest BCUT2D eigenvalue weighted by atomic mass is 9.89. The van der Waals surface area contributed by atoms with Crippen molar-refractivity contribution in [2.24, 2.45) is 5.92 Å². The number of nitrogens with one attached hydrogen (secondary N) is 1. The molecule has 1 saturated carbocycles. The minimum Gasteiger partial charge on any atom is -0.336 e. The first-order chi connectivity index (χ1) is 13.7. The Morgan fingerprint density at radius 1 is 1.00 bits per heavy atom. The van der Waals surface area contributed by atoms with Crippen LogP contribution in [-0.2, 0) is 0 Å². The second kappa shape index (κ2) is 9.35. The summed E-state index contributed by atoms with van der Waals surface area (Å²) in [4.78, 5) is 17.7. The number of carbonyl (C=O) groups excluding carboxylic acids is 1. The zero-order chi connectivity index (χ0) is 19.3. The molecule has 7 heteroatoms. The highest BCUT2D eigenvalue weighted by atomic mass is 16.2. The molecule has 1 aromatic heterocycles. The molecule has 3 aliphatic rings. The van der Waals surface area contributed by atoms with E-state index in [2.05, 4.69) is 20.5 Å². The van der Waals surface area contributed by atoms with E-state index in [4.69, 9.17) is 0 Å². The fraction of sp³-hybridized carbons (Fsp3) is 0.857. The standard InChI is InChI=1S/C21H36N6O/c1-17-20(23-24-27(17)19-8-10-22-11-9-19)21(28)26-13-5-12-25(14-15-26)16-18-6-3-2-4-7-18/h18-19,22H,2-16H2,1H3. The molecule has 4 rings (SSSR count). The molecular weight excluding hydrogens is 352 g/mol. The molecule has 0 radical (unpaired) electrons. The monoisotopic (exact) mass is 388 g/mol. The van der Waals surface area contributed by atoms with Crippen LogP contribution in [0.3, 0.4) is 0 Å². The van der Waals surface area contributed by atoms with E-state index in [1.165, 1.54) is 38.6 Å². The highest BCUT2D eigenvalue weighted by Gasteiger charge is 2.28. The van der Waals surface area contributed by atoms with Gasteiger partial charge in [0.15, 0.2) is 5.69 Å². The molecule has 0 atom stereocenters. The van der Waals surface area contributed by atoms with Crippen molar-refractivity contribution in [2.45, 2.75) is 64.3 Å². The van der Waals surface area contributed by atoms with Crippen molar-refractivity contribution < 1.29 is 4.79 Å². The average molecular weight is 389 g/mol. The summed E-state index contributed by atoms with van der Waals surface area (Å²) in [6.07, 6.45) is 10.1. The van der Waals surface area contributed by atoms with Gasteiger partial charge in [-0.25, -0.2) is 4.68 Å². The van der Waals surface area contributed by atoms with Gasteiger partial charge in [0.05, 0.1) is 11.7 Å². The summed E-state index contributed by atoms with van der Waals surface area (Å²) in [7, 11) is 0. The molecular formula is C21H36N6O. The van der Waals surface area contributed by atoms with Crippen molar-refractivity contribution in [1.29, 1.82) is 0 Å². The maximum atomic E-state index is 13.1. The maximum absolute atomic E-state index is 13.1. The minimum absolute atomic E-state index is 0.0669. The fourth-order valence-electron chi connectivity index (χ4n) is 5.18. The SMILES string of the molecule is Cc1c(C(=O)N2CCCN(CC3CCCCC3)CC2)nnn1C1CCNCC1. The summed E-state index contributed by atoms with van der Waals surface area (Å²) in [6.45, 7) is 8.98. The van der Waals surface area contributed by atoms with Crippen LogP contribution in [0.5, 0.6) is 0 Å². The molecule has 3 fully saturated rings. The molecule has 1 aromatic rings. The lowest BCUT2D eigenvalue weighted by Crippen LogP contribution is -2.37. The Labute approximate surface area is 168 Å². The van der Waals surface area contributed by atoms with Crippen molar-refractivity contribution in [3.8, 4) is 0 Å². The zero-order valence-corrected chi connectivity index (χ0v) is 17.4. The van der Waals surface area contributed by atoms with Gasteiger partial charge in [0.2, 0.25) is 0 Å². The van der Waals surface area contributed by atoms with Crippen LogP contribution < -0.4 is 5.32 Å². The van der Waals surface area contributed by atoms with E-state index < -0.39 is 0 Å². The number of hydrogen-bond donors (Lipinski definition) is 1. The number of nitrogens with zero attached hydrogens (tertiary/aromatic N) is 5. The summed E-state index contributed by atoms with van der Waals surface area (Å²) in [6, 6.07) is 0.366. The number of aromatic nitrogens is 3. The molecule has 28 heavy (non-hydrogen) atoms. The van der Waals surface area contributed by atoms with Gasteiger partial charge in [0.25, 0.3) is 5.91 Å². The molecule has 3 heterocycles. The van der Waals surface area contributed by atoms with E-state index in [0.29, 0.717) is 11.7 Å². The van der Waals surface area contributed by atoms with Gasteiger partial charge in [0.1, 0.15) is 0 Å². The van der Waals surface area contributed by atoms with Gasteiger partial charge >= 0.3 is 0 Å². The number of hydrogen-bond acceptors (Lipinski definition) is 5. The van der Waals surface area contributed by atoms with Crippen LogP contribution in [0.2, 0.25) is 0 Å². The molecule has 0 spiro atoms. The van der Waals surface area contributed by atoms with Gasteiger partial charge in [-0.2, -0.15) is 0 Å². The Morgan fingerprint density at radius 3 is 2.57 bits per heavy atom. The first-order valence-corrected chi connectivity index (χ1v) is 11.4. The molecule has 0 bridgehead atoms. The highest BCUT2D eigenvalue weighted by Crippen LogP contribution is 2.25. The number of carbonyl (C=O) groups is 1. The smallest absolute Gasteiger partial charge is 0.276 e. The Bertz CT molecular complexity index is 647. The Hall–Kier alpha value is -1.47. The molecule has 1 aliphatic carbocycles. The van der Waals surface area contributed by atoms with Gasteiger partial charge in [-0.3, -0.25) is 4.79 Å². The zero-order valence-electron chi connectivity index (χ0n) is 17.4.